The van der Waals surface area contributed by atoms with Gasteiger partial charge in [0.15, 0.2) is 0 Å². The van der Waals surface area contributed by atoms with Crippen molar-refractivity contribution in [1.29, 1.82) is 0 Å². The van der Waals surface area contributed by atoms with Crippen molar-refractivity contribution in [2.75, 3.05) is 5.75 Å². The Hall–Kier alpha value is -1.56. The summed E-state index contributed by atoms with van der Waals surface area (Å²) in [4.78, 5) is 11.1. The van der Waals surface area contributed by atoms with E-state index < -0.39 is 6.03 Å². The summed E-state index contributed by atoms with van der Waals surface area (Å²) in [6.07, 6.45) is 0.682. The molecule has 1 aliphatic rings. The van der Waals surface area contributed by atoms with Crippen molar-refractivity contribution < 1.29 is 9.18 Å². The zero-order valence-corrected chi connectivity index (χ0v) is 9.18. The number of amides is 2. The van der Waals surface area contributed by atoms with Gasteiger partial charge in [0.25, 0.3) is 0 Å². The SMILES string of the molecule is NC(=O)N/N=C1/CCSc2c(F)cccc21. The molecule has 0 atom stereocenters. The quantitative estimate of drug-likeness (QED) is 0.732. The molecule has 1 aliphatic heterocycles. The number of primary amides is 1. The zero-order valence-electron chi connectivity index (χ0n) is 8.37. The van der Waals surface area contributed by atoms with Crippen molar-refractivity contribution in [2.45, 2.75) is 11.3 Å². The number of thioether (sulfide) groups is 1. The Bertz CT molecular complexity index is 461. The second kappa shape index (κ2) is 4.52. The number of rotatable bonds is 1. The lowest BCUT2D eigenvalue weighted by molar-refractivity contribution is 0.249. The molecular weight excluding hydrogens is 229 g/mol. The smallest absolute Gasteiger partial charge is 0.332 e. The van der Waals surface area contributed by atoms with Crippen molar-refractivity contribution in [2.24, 2.45) is 10.8 Å². The summed E-state index contributed by atoms with van der Waals surface area (Å²) in [5, 5.41) is 3.88. The molecule has 6 heteroatoms. The molecule has 0 unspecified atom stereocenters. The van der Waals surface area contributed by atoms with Crippen molar-refractivity contribution in [3.8, 4) is 0 Å². The van der Waals surface area contributed by atoms with E-state index in [-0.39, 0.29) is 5.82 Å². The molecule has 2 amide bonds. The van der Waals surface area contributed by atoms with Crippen LogP contribution in [-0.4, -0.2) is 17.5 Å². The van der Waals surface area contributed by atoms with Crippen LogP contribution in [0, 0.1) is 5.82 Å². The fourth-order valence-corrected chi connectivity index (χ4v) is 2.55. The number of hydrazone groups is 1. The highest BCUT2D eigenvalue weighted by molar-refractivity contribution is 7.99. The highest BCUT2D eigenvalue weighted by Crippen LogP contribution is 2.32. The number of urea groups is 1. The molecular formula is C10H10FN3OS. The van der Waals surface area contributed by atoms with Gasteiger partial charge in [-0.05, 0) is 6.07 Å². The molecule has 0 fully saturated rings. The predicted molar refractivity (Wildman–Crippen MR) is 61.0 cm³/mol. The molecule has 0 spiro atoms. The van der Waals surface area contributed by atoms with Crippen LogP contribution in [-0.2, 0) is 0 Å². The maximum atomic E-state index is 13.5. The normalized spacial score (nSPS) is 16.9. The maximum Gasteiger partial charge on any atom is 0.332 e. The molecule has 2 rings (SSSR count). The standard InChI is InChI=1S/C10H10FN3OS/c11-7-3-1-2-6-8(13-14-10(12)15)4-5-16-9(6)7/h1-3H,4-5H2,(H3,12,14,15)/b13-8-. The van der Waals surface area contributed by atoms with Gasteiger partial charge < -0.3 is 5.73 Å². The minimum atomic E-state index is -0.719. The Kier molecular flexibility index (Phi) is 3.09. The molecule has 1 heterocycles. The molecule has 4 nitrogen and oxygen atoms in total. The van der Waals surface area contributed by atoms with E-state index in [1.165, 1.54) is 17.8 Å². The van der Waals surface area contributed by atoms with Crippen molar-refractivity contribution in [3.05, 3.63) is 29.6 Å². The average Bonchev–Trinajstić information content (AvgIpc) is 2.27. The number of carbonyl (C=O) groups is 1. The van der Waals surface area contributed by atoms with Crippen molar-refractivity contribution >= 4 is 23.5 Å². The van der Waals surface area contributed by atoms with Crippen LogP contribution in [0.3, 0.4) is 0 Å². The predicted octanol–water partition coefficient (Wildman–Crippen LogP) is 1.69. The van der Waals surface area contributed by atoms with Gasteiger partial charge in [-0.3, -0.25) is 0 Å². The lowest BCUT2D eigenvalue weighted by Crippen LogP contribution is -2.26. The van der Waals surface area contributed by atoms with Crippen LogP contribution in [0.2, 0.25) is 0 Å². The number of nitrogens with zero attached hydrogens (tertiary/aromatic N) is 1. The van der Waals surface area contributed by atoms with Crippen LogP contribution >= 0.6 is 11.8 Å². The van der Waals surface area contributed by atoms with Gasteiger partial charge in [0.1, 0.15) is 5.82 Å². The third-order valence-electron chi connectivity index (χ3n) is 2.16. The summed E-state index contributed by atoms with van der Waals surface area (Å²) in [5.74, 6) is 0.488. The molecule has 1 aromatic rings. The summed E-state index contributed by atoms with van der Waals surface area (Å²) >= 11 is 1.45. The van der Waals surface area contributed by atoms with Crippen LogP contribution in [0.1, 0.15) is 12.0 Å². The van der Waals surface area contributed by atoms with Crippen LogP contribution in [0.25, 0.3) is 0 Å². The van der Waals surface area contributed by atoms with E-state index in [1.54, 1.807) is 12.1 Å². The minimum absolute atomic E-state index is 0.256. The largest absolute Gasteiger partial charge is 0.350 e. The molecule has 3 N–H and O–H groups in total. The van der Waals surface area contributed by atoms with Gasteiger partial charge in [-0.15, -0.1) is 11.8 Å². The number of carbonyl (C=O) groups excluding carboxylic acids is 1. The van der Waals surface area contributed by atoms with Gasteiger partial charge in [-0.2, -0.15) is 5.10 Å². The van der Waals surface area contributed by atoms with Gasteiger partial charge in [-0.25, -0.2) is 14.6 Å². The molecule has 0 bridgehead atoms. The van der Waals surface area contributed by atoms with Crippen LogP contribution < -0.4 is 11.2 Å². The third-order valence-corrected chi connectivity index (χ3v) is 3.28. The molecule has 1 aromatic carbocycles. The summed E-state index contributed by atoms with van der Waals surface area (Å²) < 4.78 is 13.5. The van der Waals surface area contributed by atoms with Gasteiger partial charge in [0.05, 0.1) is 10.6 Å². The summed E-state index contributed by atoms with van der Waals surface area (Å²) in [7, 11) is 0. The highest BCUT2D eigenvalue weighted by Gasteiger charge is 2.19. The molecule has 84 valence electrons. The molecule has 16 heavy (non-hydrogen) atoms. The first kappa shape index (κ1) is 10.9. The van der Waals surface area contributed by atoms with E-state index in [4.69, 9.17) is 5.73 Å². The van der Waals surface area contributed by atoms with E-state index >= 15 is 0 Å². The fourth-order valence-electron chi connectivity index (χ4n) is 1.51. The monoisotopic (exact) mass is 239 g/mol. The molecule has 0 aliphatic carbocycles. The first-order valence-electron chi connectivity index (χ1n) is 4.72. The number of halogens is 1. The summed E-state index contributed by atoms with van der Waals surface area (Å²) in [6.45, 7) is 0. The van der Waals surface area contributed by atoms with Crippen LogP contribution in [0.4, 0.5) is 9.18 Å². The van der Waals surface area contributed by atoms with Gasteiger partial charge in [0, 0.05) is 17.7 Å². The first-order valence-corrected chi connectivity index (χ1v) is 5.70. The van der Waals surface area contributed by atoms with Crippen LogP contribution in [0.5, 0.6) is 0 Å². The van der Waals surface area contributed by atoms with Gasteiger partial charge >= 0.3 is 6.03 Å². The maximum absolute atomic E-state index is 13.5. The number of fused-ring (bicyclic) bond motifs is 1. The third kappa shape index (κ3) is 2.16. The number of benzene rings is 1. The Labute approximate surface area is 96.1 Å². The van der Waals surface area contributed by atoms with Crippen LogP contribution in [0.15, 0.2) is 28.2 Å². The molecule has 0 radical (unpaired) electrons. The lowest BCUT2D eigenvalue weighted by Gasteiger charge is -2.17. The lowest BCUT2D eigenvalue weighted by atomic mass is 10.1. The fraction of sp³-hybridized carbons (Fsp3) is 0.200. The Morgan fingerprint density at radius 1 is 1.56 bits per heavy atom. The van der Waals surface area contributed by atoms with Crippen molar-refractivity contribution in [3.63, 3.8) is 0 Å². The second-order valence-corrected chi connectivity index (χ2v) is 4.35. The Balaban J connectivity index is 2.37. The Morgan fingerprint density at radius 3 is 3.12 bits per heavy atom. The van der Waals surface area contributed by atoms with Crippen molar-refractivity contribution in [1.82, 2.24) is 5.43 Å². The summed E-state index contributed by atoms with van der Waals surface area (Å²) in [5.41, 5.74) is 8.48. The number of hydrogen-bond donors (Lipinski definition) is 2. The van der Waals surface area contributed by atoms with E-state index in [0.717, 1.165) is 11.3 Å². The molecule has 0 saturated carbocycles. The number of hydrogen-bond acceptors (Lipinski definition) is 3. The molecule has 0 aromatic heterocycles. The second-order valence-electron chi connectivity index (χ2n) is 3.25. The topological polar surface area (TPSA) is 67.5 Å². The number of nitrogens with one attached hydrogen (secondary N) is 1. The zero-order chi connectivity index (χ0) is 11.5. The first-order chi connectivity index (χ1) is 7.68. The average molecular weight is 239 g/mol. The summed E-state index contributed by atoms with van der Waals surface area (Å²) in [6, 6.07) is 4.10. The highest BCUT2D eigenvalue weighted by atomic mass is 32.2. The minimum Gasteiger partial charge on any atom is -0.350 e. The number of nitrogens with two attached hydrogens (primary N) is 1. The van der Waals surface area contributed by atoms with Gasteiger partial charge in [-0.1, -0.05) is 12.1 Å². The Morgan fingerprint density at radius 2 is 2.38 bits per heavy atom. The molecule has 0 saturated heterocycles. The van der Waals surface area contributed by atoms with E-state index in [1.807, 2.05) is 0 Å². The van der Waals surface area contributed by atoms with E-state index in [9.17, 15) is 9.18 Å². The van der Waals surface area contributed by atoms with E-state index in [2.05, 4.69) is 10.5 Å². The van der Waals surface area contributed by atoms with E-state index in [0.29, 0.717) is 17.0 Å². The van der Waals surface area contributed by atoms with Gasteiger partial charge in [0.2, 0.25) is 0 Å².